The van der Waals surface area contributed by atoms with Gasteiger partial charge >= 0.3 is 5.69 Å². The summed E-state index contributed by atoms with van der Waals surface area (Å²) in [4.78, 5) is 9.30. The lowest BCUT2D eigenvalue weighted by Crippen LogP contribution is -2.47. The molecular formula is C13H17FN2O4S. The molecule has 1 N–H and O–H groups in total. The molecule has 0 aromatic heterocycles. The summed E-state index contributed by atoms with van der Waals surface area (Å²) >= 11 is 0. The Morgan fingerprint density at radius 2 is 1.90 bits per heavy atom. The van der Waals surface area contributed by atoms with Crippen molar-refractivity contribution in [3.63, 3.8) is 0 Å². The number of benzene rings is 1. The molecule has 1 aliphatic rings. The van der Waals surface area contributed by atoms with Crippen LogP contribution in [0, 0.1) is 15.9 Å². The molecule has 0 radical (unpaired) electrons. The van der Waals surface area contributed by atoms with Crippen molar-refractivity contribution in [1.82, 2.24) is 4.72 Å². The molecule has 1 aromatic rings. The van der Waals surface area contributed by atoms with Crippen molar-refractivity contribution >= 4 is 15.7 Å². The van der Waals surface area contributed by atoms with Crippen molar-refractivity contribution in [2.75, 3.05) is 0 Å². The van der Waals surface area contributed by atoms with Crippen LogP contribution < -0.4 is 4.72 Å². The summed E-state index contributed by atoms with van der Waals surface area (Å²) in [7, 11) is -4.15. The van der Waals surface area contributed by atoms with Crippen molar-refractivity contribution in [2.45, 2.75) is 49.5 Å². The molecule has 21 heavy (non-hydrogen) atoms. The van der Waals surface area contributed by atoms with E-state index in [2.05, 4.69) is 4.72 Å². The number of nitrogens with zero attached hydrogens (tertiary/aromatic N) is 1. The van der Waals surface area contributed by atoms with Crippen LogP contribution in [0.4, 0.5) is 10.1 Å². The Morgan fingerprint density at radius 1 is 1.29 bits per heavy atom. The molecule has 116 valence electrons. The fraction of sp³-hybridized carbons (Fsp3) is 0.538. The first-order valence-corrected chi connectivity index (χ1v) is 8.20. The zero-order valence-corrected chi connectivity index (χ0v) is 12.5. The van der Waals surface area contributed by atoms with Gasteiger partial charge < -0.3 is 0 Å². The molecular weight excluding hydrogens is 299 g/mol. The second-order valence-electron chi connectivity index (χ2n) is 5.57. The fourth-order valence-electron chi connectivity index (χ4n) is 2.70. The highest BCUT2D eigenvalue weighted by molar-refractivity contribution is 7.89. The van der Waals surface area contributed by atoms with Crippen LogP contribution in [0.2, 0.25) is 0 Å². The predicted molar refractivity (Wildman–Crippen MR) is 74.9 cm³/mol. The molecule has 0 unspecified atom stereocenters. The Hall–Kier alpha value is -1.54. The van der Waals surface area contributed by atoms with Gasteiger partial charge in [-0.25, -0.2) is 13.1 Å². The van der Waals surface area contributed by atoms with Crippen LogP contribution in [0.25, 0.3) is 0 Å². The molecule has 0 atom stereocenters. The summed E-state index contributed by atoms with van der Waals surface area (Å²) in [5.41, 5.74) is -1.65. The van der Waals surface area contributed by atoms with Crippen LogP contribution in [0.15, 0.2) is 23.1 Å². The molecule has 0 aliphatic heterocycles. The van der Waals surface area contributed by atoms with Gasteiger partial charge in [0.25, 0.3) is 0 Å². The first-order chi connectivity index (χ1) is 9.75. The SMILES string of the molecule is CC1(NS(=O)(=O)c2cccc(F)c2[N+](=O)[O-])CCCCC1. The lowest BCUT2D eigenvalue weighted by atomic mass is 9.84. The predicted octanol–water partition coefficient (Wildman–Crippen LogP) is 2.74. The maximum absolute atomic E-state index is 13.6. The van der Waals surface area contributed by atoms with Gasteiger partial charge in [0.1, 0.15) is 0 Å². The Kier molecular flexibility index (Phi) is 4.29. The lowest BCUT2D eigenvalue weighted by Gasteiger charge is -2.34. The number of nitro groups is 1. The van der Waals surface area contributed by atoms with E-state index >= 15 is 0 Å². The average Bonchev–Trinajstić information content (AvgIpc) is 2.37. The molecule has 1 fully saturated rings. The molecule has 1 saturated carbocycles. The standard InChI is InChI=1S/C13H17FN2O4S/c1-13(8-3-2-4-9-13)15-21(19,20)11-7-5-6-10(14)12(11)16(17)18/h5-7,15H,2-4,8-9H2,1H3. The van der Waals surface area contributed by atoms with Crippen LogP contribution in [-0.4, -0.2) is 18.9 Å². The van der Waals surface area contributed by atoms with Gasteiger partial charge in [0.05, 0.1) is 4.92 Å². The molecule has 0 amide bonds. The average molecular weight is 316 g/mol. The molecule has 0 saturated heterocycles. The smallest absolute Gasteiger partial charge is 0.258 e. The maximum atomic E-state index is 13.6. The minimum absolute atomic E-state index is 0.626. The third kappa shape index (κ3) is 3.38. The largest absolute Gasteiger partial charge is 0.324 e. The zero-order chi connectivity index (χ0) is 15.7. The summed E-state index contributed by atoms with van der Waals surface area (Å²) in [6, 6.07) is 3.08. The highest BCUT2D eigenvalue weighted by Crippen LogP contribution is 2.32. The van der Waals surface area contributed by atoms with Gasteiger partial charge in [0, 0.05) is 5.54 Å². The van der Waals surface area contributed by atoms with Crippen molar-refractivity contribution in [3.8, 4) is 0 Å². The topological polar surface area (TPSA) is 89.3 Å². The second-order valence-corrected chi connectivity index (χ2v) is 7.22. The fourth-order valence-corrected chi connectivity index (χ4v) is 4.35. The van der Waals surface area contributed by atoms with E-state index in [0.717, 1.165) is 37.5 Å². The first kappa shape index (κ1) is 15.8. The first-order valence-electron chi connectivity index (χ1n) is 6.72. The third-order valence-corrected chi connectivity index (χ3v) is 5.43. The Morgan fingerprint density at radius 3 is 2.48 bits per heavy atom. The van der Waals surface area contributed by atoms with Crippen LogP contribution in [0.1, 0.15) is 39.0 Å². The van der Waals surface area contributed by atoms with Crippen LogP contribution in [-0.2, 0) is 10.0 Å². The van der Waals surface area contributed by atoms with E-state index in [9.17, 15) is 22.9 Å². The number of nitrogens with one attached hydrogen (secondary N) is 1. The zero-order valence-electron chi connectivity index (χ0n) is 11.6. The highest BCUT2D eigenvalue weighted by Gasteiger charge is 2.36. The molecule has 0 heterocycles. The van der Waals surface area contributed by atoms with Gasteiger partial charge in [-0.1, -0.05) is 25.3 Å². The number of nitro benzene ring substituents is 1. The number of sulfonamides is 1. The van der Waals surface area contributed by atoms with E-state index in [1.54, 1.807) is 6.92 Å². The molecule has 0 spiro atoms. The monoisotopic (exact) mass is 316 g/mol. The molecule has 8 heteroatoms. The Balaban J connectivity index is 2.40. The highest BCUT2D eigenvalue weighted by atomic mass is 32.2. The summed E-state index contributed by atoms with van der Waals surface area (Å²) in [5, 5.41) is 10.9. The summed E-state index contributed by atoms with van der Waals surface area (Å²) in [6.07, 6.45) is 4.15. The van der Waals surface area contributed by atoms with Gasteiger partial charge in [0.15, 0.2) is 4.90 Å². The minimum atomic E-state index is -4.15. The molecule has 0 bridgehead atoms. The van der Waals surface area contributed by atoms with Crippen molar-refractivity contribution in [1.29, 1.82) is 0 Å². The summed E-state index contributed by atoms with van der Waals surface area (Å²) in [6.45, 7) is 1.77. The van der Waals surface area contributed by atoms with E-state index in [-0.39, 0.29) is 0 Å². The number of rotatable bonds is 4. The number of hydrogen-bond acceptors (Lipinski definition) is 4. The molecule has 1 aromatic carbocycles. The number of para-hydroxylation sites is 1. The molecule has 6 nitrogen and oxygen atoms in total. The van der Waals surface area contributed by atoms with Crippen LogP contribution in [0.5, 0.6) is 0 Å². The van der Waals surface area contributed by atoms with E-state index in [4.69, 9.17) is 0 Å². The number of halogens is 1. The van der Waals surface area contributed by atoms with Crippen LogP contribution in [0.3, 0.4) is 0 Å². The summed E-state index contributed by atoms with van der Waals surface area (Å²) in [5.74, 6) is -1.16. The quantitative estimate of drug-likeness (QED) is 0.683. The second kappa shape index (κ2) is 5.69. The third-order valence-electron chi connectivity index (χ3n) is 3.76. The maximum Gasteiger partial charge on any atom is 0.324 e. The van der Waals surface area contributed by atoms with Crippen molar-refractivity contribution in [2.24, 2.45) is 0 Å². The molecule has 1 aliphatic carbocycles. The van der Waals surface area contributed by atoms with Gasteiger partial charge in [-0.15, -0.1) is 0 Å². The molecule has 2 rings (SSSR count). The van der Waals surface area contributed by atoms with Crippen molar-refractivity contribution in [3.05, 3.63) is 34.1 Å². The minimum Gasteiger partial charge on any atom is -0.258 e. The van der Waals surface area contributed by atoms with Gasteiger partial charge in [-0.2, -0.15) is 4.39 Å². The van der Waals surface area contributed by atoms with E-state index in [1.807, 2.05) is 0 Å². The van der Waals surface area contributed by atoms with Crippen molar-refractivity contribution < 1.29 is 17.7 Å². The van der Waals surface area contributed by atoms with E-state index < -0.39 is 36.9 Å². The lowest BCUT2D eigenvalue weighted by molar-refractivity contribution is -0.390. The Labute approximate surface area is 122 Å². The van der Waals surface area contributed by atoms with E-state index in [0.29, 0.717) is 12.8 Å². The van der Waals surface area contributed by atoms with Crippen LogP contribution >= 0.6 is 0 Å². The van der Waals surface area contributed by atoms with Gasteiger partial charge in [0.2, 0.25) is 15.8 Å². The normalized spacial score (nSPS) is 18.4. The number of hydrogen-bond donors (Lipinski definition) is 1. The van der Waals surface area contributed by atoms with E-state index in [1.165, 1.54) is 0 Å². The van der Waals surface area contributed by atoms with Gasteiger partial charge in [-0.05, 0) is 31.9 Å². The van der Waals surface area contributed by atoms with Gasteiger partial charge in [-0.3, -0.25) is 10.1 Å². The Bertz CT molecular complexity index is 654. The summed E-state index contributed by atoms with van der Waals surface area (Å²) < 4.78 is 40.9.